The van der Waals surface area contributed by atoms with Crippen molar-refractivity contribution in [2.24, 2.45) is 0 Å². The second-order valence-corrected chi connectivity index (χ2v) is 6.01. The van der Waals surface area contributed by atoms with Crippen LogP contribution in [0.1, 0.15) is 39.0 Å². The fourth-order valence-corrected chi connectivity index (χ4v) is 2.95. The highest BCUT2D eigenvalue weighted by Crippen LogP contribution is 2.33. The zero-order chi connectivity index (χ0) is 14.4. The van der Waals surface area contributed by atoms with Crippen molar-refractivity contribution in [2.45, 2.75) is 44.6 Å². The van der Waals surface area contributed by atoms with Crippen molar-refractivity contribution in [3.8, 4) is 0 Å². The summed E-state index contributed by atoms with van der Waals surface area (Å²) in [5.74, 6) is 1.93. The molecule has 0 amide bonds. The summed E-state index contributed by atoms with van der Waals surface area (Å²) < 4.78 is 0. The highest BCUT2D eigenvalue weighted by Gasteiger charge is 2.35. The molecule has 0 aromatic carbocycles. The molecular formula is C16H28N4. The Balaban J connectivity index is 1.95. The lowest BCUT2D eigenvalue weighted by Crippen LogP contribution is -2.47. The first kappa shape index (κ1) is 15.1. The molecule has 0 spiro atoms. The Bertz CT molecular complexity index is 411. The molecule has 0 radical (unpaired) electrons. The Hall–Kier alpha value is -1.29. The van der Waals surface area contributed by atoms with Gasteiger partial charge in [-0.3, -0.25) is 0 Å². The van der Waals surface area contributed by atoms with Gasteiger partial charge in [-0.2, -0.15) is 0 Å². The van der Waals surface area contributed by atoms with Crippen molar-refractivity contribution < 1.29 is 0 Å². The number of nitrogens with one attached hydrogen (secondary N) is 2. The van der Waals surface area contributed by atoms with Gasteiger partial charge in [0.2, 0.25) is 0 Å². The van der Waals surface area contributed by atoms with Crippen molar-refractivity contribution >= 4 is 11.6 Å². The number of pyridine rings is 1. The van der Waals surface area contributed by atoms with E-state index in [4.69, 9.17) is 0 Å². The van der Waals surface area contributed by atoms with Crippen LogP contribution < -0.4 is 10.6 Å². The zero-order valence-corrected chi connectivity index (χ0v) is 13.1. The smallest absolute Gasteiger partial charge is 0.128 e. The summed E-state index contributed by atoms with van der Waals surface area (Å²) in [6.45, 7) is 4.11. The van der Waals surface area contributed by atoms with Gasteiger partial charge in [0.15, 0.2) is 0 Å². The Labute approximate surface area is 123 Å². The molecule has 1 aliphatic rings. The van der Waals surface area contributed by atoms with Gasteiger partial charge < -0.3 is 15.5 Å². The minimum absolute atomic E-state index is 0.300. The van der Waals surface area contributed by atoms with E-state index in [1.165, 1.54) is 25.7 Å². The largest absolute Gasteiger partial charge is 0.370 e. The van der Waals surface area contributed by atoms with Crippen molar-refractivity contribution in [2.75, 3.05) is 37.8 Å². The predicted octanol–water partition coefficient (Wildman–Crippen LogP) is 3.19. The van der Waals surface area contributed by atoms with Crippen LogP contribution in [0.3, 0.4) is 0 Å². The van der Waals surface area contributed by atoms with Crippen LogP contribution in [0.5, 0.6) is 0 Å². The summed E-state index contributed by atoms with van der Waals surface area (Å²) >= 11 is 0. The van der Waals surface area contributed by atoms with Crippen LogP contribution in [-0.2, 0) is 0 Å². The fourth-order valence-electron chi connectivity index (χ4n) is 2.95. The van der Waals surface area contributed by atoms with E-state index in [0.29, 0.717) is 5.54 Å². The highest BCUT2D eigenvalue weighted by molar-refractivity contribution is 5.45. The minimum atomic E-state index is 0.300. The molecule has 112 valence electrons. The third-order valence-electron chi connectivity index (χ3n) is 4.39. The number of hydrogen-bond donors (Lipinski definition) is 2. The lowest BCUT2D eigenvalue weighted by atomic mass is 9.96. The summed E-state index contributed by atoms with van der Waals surface area (Å²) in [5, 5.41) is 6.87. The van der Waals surface area contributed by atoms with E-state index in [2.05, 4.69) is 53.7 Å². The van der Waals surface area contributed by atoms with Crippen molar-refractivity contribution in [3.05, 3.63) is 18.2 Å². The minimum Gasteiger partial charge on any atom is -0.370 e. The zero-order valence-electron chi connectivity index (χ0n) is 13.1. The summed E-state index contributed by atoms with van der Waals surface area (Å²) in [6, 6.07) is 6.14. The van der Waals surface area contributed by atoms with Gasteiger partial charge in [-0.05, 0) is 45.5 Å². The molecule has 0 atom stereocenters. The van der Waals surface area contributed by atoms with Crippen LogP contribution in [0, 0.1) is 0 Å². The lowest BCUT2D eigenvalue weighted by molar-refractivity contribution is 0.172. The molecule has 0 unspecified atom stereocenters. The molecule has 1 aromatic heterocycles. The molecular weight excluding hydrogens is 248 g/mol. The molecule has 20 heavy (non-hydrogen) atoms. The van der Waals surface area contributed by atoms with Gasteiger partial charge in [0, 0.05) is 18.6 Å². The Morgan fingerprint density at radius 1 is 1.15 bits per heavy atom. The Kier molecular flexibility index (Phi) is 5.24. The van der Waals surface area contributed by atoms with Crippen LogP contribution in [0.2, 0.25) is 0 Å². The van der Waals surface area contributed by atoms with Crippen LogP contribution in [0.15, 0.2) is 18.2 Å². The SMILES string of the molecule is CCCNc1cccc(NCC2(N(C)C)CCCC2)n1. The van der Waals surface area contributed by atoms with Gasteiger partial charge in [-0.15, -0.1) is 0 Å². The maximum atomic E-state index is 4.62. The average molecular weight is 276 g/mol. The maximum absolute atomic E-state index is 4.62. The summed E-state index contributed by atoms with van der Waals surface area (Å²) in [6.07, 6.45) is 6.35. The Morgan fingerprint density at radius 2 is 1.80 bits per heavy atom. The van der Waals surface area contributed by atoms with E-state index in [9.17, 15) is 0 Å². The van der Waals surface area contributed by atoms with Crippen LogP contribution in [0.4, 0.5) is 11.6 Å². The number of nitrogens with zero attached hydrogens (tertiary/aromatic N) is 2. The topological polar surface area (TPSA) is 40.2 Å². The number of likely N-dealkylation sites (N-methyl/N-ethyl adjacent to an activating group) is 1. The van der Waals surface area contributed by atoms with Gasteiger partial charge in [-0.25, -0.2) is 4.98 Å². The third kappa shape index (κ3) is 3.63. The van der Waals surface area contributed by atoms with Crippen molar-refractivity contribution in [1.29, 1.82) is 0 Å². The van der Waals surface area contributed by atoms with E-state index in [1.54, 1.807) is 0 Å². The molecule has 0 aliphatic heterocycles. The van der Waals surface area contributed by atoms with E-state index < -0.39 is 0 Å². The average Bonchev–Trinajstić information content (AvgIpc) is 2.94. The van der Waals surface area contributed by atoms with Gasteiger partial charge in [0.25, 0.3) is 0 Å². The first-order chi connectivity index (χ1) is 9.66. The van der Waals surface area contributed by atoms with Gasteiger partial charge >= 0.3 is 0 Å². The number of aromatic nitrogens is 1. The predicted molar refractivity (Wildman–Crippen MR) is 86.4 cm³/mol. The molecule has 0 saturated heterocycles. The first-order valence-electron chi connectivity index (χ1n) is 7.78. The molecule has 1 saturated carbocycles. The Morgan fingerprint density at radius 3 is 2.40 bits per heavy atom. The van der Waals surface area contributed by atoms with Crippen LogP contribution in [0.25, 0.3) is 0 Å². The summed E-state index contributed by atoms with van der Waals surface area (Å²) in [5.41, 5.74) is 0.300. The first-order valence-corrected chi connectivity index (χ1v) is 7.78. The molecule has 1 fully saturated rings. The summed E-state index contributed by atoms with van der Waals surface area (Å²) in [7, 11) is 4.39. The maximum Gasteiger partial charge on any atom is 0.128 e. The van der Waals surface area contributed by atoms with Gasteiger partial charge in [-0.1, -0.05) is 25.8 Å². The van der Waals surface area contributed by atoms with Gasteiger partial charge in [0.1, 0.15) is 11.6 Å². The molecule has 1 heterocycles. The quantitative estimate of drug-likeness (QED) is 0.802. The van der Waals surface area contributed by atoms with Crippen LogP contribution in [-0.4, -0.2) is 42.6 Å². The van der Waals surface area contributed by atoms with E-state index >= 15 is 0 Å². The van der Waals surface area contributed by atoms with Crippen LogP contribution >= 0.6 is 0 Å². The molecule has 4 heteroatoms. The molecule has 1 aromatic rings. The number of hydrogen-bond acceptors (Lipinski definition) is 4. The van der Waals surface area contributed by atoms with E-state index in [1.807, 2.05) is 6.07 Å². The lowest BCUT2D eigenvalue weighted by Gasteiger charge is -2.36. The van der Waals surface area contributed by atoms with Crippen molar-refractivity contribution in [3.63, 3.8) is 0 Å². The normalized spacial score (nSPS) is 17.4. The second kappa shape index (κ2) is 6.93. The number of anilines is 2. The molecule has 4 nitrogen and oxygen atoms in total. The van der Waals surface area contributed by atoms with Crippen molar-refractivity contribution in [1.82, 2.24) is 9.88 Å². The third-order valence-corrected chi connectivity index (χ3v) is 4.39. The molecule has 2 rings (SSSR count). The monoisotopic (exact) mass is 276 g/mol. The summed E-state index contributed by atoms with van der Waals surface area (Å²) in [4.78, 5) is 7.00. The highest BCUT2D eigenvalue weighted by atomic mass is 15.2. The second-order valence-electron chi connectivity index (χ2n) is 6.01. The molecule has 1 aliphatic carbocycles. The van der Waals surface area contributed by atoms with Gasteiger partial charge in [0.05, 0.1) is 0 Å². The fraction of sp³-hybridized carbons (Fsp3) is 0.688. The number of rotatable bonds is 7. The van der Waals surface area contributed by atoms with E-state index in [0.717, 1.165) is 31.1 Å². The molecule has 2 N–H and O–H groups in total. The molecule has 0 bridgehead atoms. The van der Waals surface area contributed by atoms with E-state index in [-0.39, 0.29) is 0 Å². The standard InChI is InChI=1S/C16H28N4/c1-4-12-17-14-8-7-9-15(19-14)18-13-16(20(2)3)10-5-6-11-16/h7-9H,4-6,10-13H2,1-3H3,(H2,17,18,19).